The highest BCUT2D eigenvalue weighted by Crippen LogP contribution is 2.65. The molecule has 17 heavy (non-hydrogen) atoms. The van der Waals surface area contributed by atoms with E-state index in [1.165, 1.54) is 20.1 Å². The van der Waals surface area contributed by atoms with Crippen molar-refractivity contribution in [1.29, 1.82) is 0 Å². The third-order valence-electron chi connectivity index (χ3n) is 3.78. The standard InChI is InChI=1S/C12H14O5/c1-7(13)16-11-3-4-15-10(11)12(17-8(2)14)6-9(12)5-11/h3-4,9-10H,5-6H2,1-2H3/t9?,10-,11+,12+/m0/s1. The summed E-state index contributed by atoms with van der Waals surface area (Å²) < 4.78 is 16.3. The number of carbonyl (C=O) groups excluding carboxylic acids is 2. The quantitative estimate of drug-likeness (QED) is 0.669. The van der Waals surface area contributed by atoms with Crippen molar-refractivity contribution in [3.05, 3.63) is 12.3 Å². The van der Waals surface area contributed by atoms with Crippen LogP contribution in [0.4, 0.5) is 0 Å². The van der Waals surface area contributed by atoms with Crippen molar-refractivity contribution in [3.63, 3.8) is 0 Å². The topological polar surface area (TPSA) is 61.8 Å². The Kier molecular flexibility index (Phi) is 1.89. The zero-order chi connectivity index (χ0) is 12.3. The fourth-order valence-corrected chi connectivity index (χ4v) is 3.26. The van der Waals surface area contributed by atoms with E-state index < -0.39 is 11.2 Å². The van der Waals surface area contributed by atoms with Gasteiger partial charge in [0.15, 0.2) is 17.3 Å². The maximum atomic E-state index is 11.2. The molecule has 5 heteroatoms. The molecular weight excluding hydrogens is 224 g/mol. The molecule has 0 N–H and O–H groups in total. The predicted octanol–water partition coefficient (Wildman–Crippen LogP) is 0.926. The Labute approximate surface area is 98.7 Å². The molecule has 92 valence electrons. The van der Waals surface area contributed by atoms with Crippen molar-refractivity contribution in [2.75, 3.05) is 0 Å². The van der Waals surface area contributed by atoms with Crippen molar-refractivity contribution in [1.82, 2.24) is 0 Å². The Hall–Kier alpha value is -1.52. The van der Waals surface area contributed by atoms with Crippen LogP contribution in [0.25, 0.3) is 0 Å². The van der Waals surface area contributed by atoms with E-state index >= 15 is 0 Å². The normalized spacial score (nSPS) is 44.6. The Morgan fingerprint density at radius 3 is 2.59 bits per heavy atom. The Balaban J connectivity index is 1.87. The van der Waals surface area contributed by atoms with Gasteiger partial charge in [-0.05, 0) is 12.5 Å². The van der Waals surface area contributed by atoms with Crippen LogP contribution in [0.5, 0.6) is 0 Å². The van der Waals surface area contributed by atoms with Crippen molar-refractivity contribution < 1.29 is 23.8 Å². The van der Waals surface area contributed by atoms with Crippen molar-refractivity contribution in [2.24, 2.45) is 5.92 Å². The van der Waals surface area contributed by atoms with Crippen LogP contribution in [0.1, 0.15) is 26.7 Å². The summed E-state index contributed by atoms with van der Waals surface area (Å²) in [5, 5.41) is 0. The molecule has 2 saturated carbocycles. The number of ether oxygens (including phenoxy) is 3. The minimum Gasteiger partial charge on any atom is -0.489 e. The molecule has 0 aromatic rings. The van der Waals surface area contributed by atoms with E-state index in [2.05, 4.69) is 0 Å². The molecule has 0 radical (unpaired) electrons. The number of hydrogen-bond donors (Lipinski definition) is 0. The summed E-state index contributed by atoms with van der Waals surface area (Å²) in [6.07, 6.45) is 4.38. The number of hydrogen-bond acceptors (Lipinski definition) is 5. The molecule has 2 fully saturated rings. The van der Waals surface area contributed by atoms with E-state index in [0.717, 1.165) is 6.42 Å². The first kappa shape index (κ1) is 10.6. The SMILES string of the molecule is CC(=O)O[C@@]12C=CO[C@@H]1[C@@]1(OC(C)=O)CC1C2. The molecule has 0 amide bonds. The fourth-order valence-electron chi connectivity index (χ4n) is 3.26. The van der Waals surface area contributed by atoms with Gasteiger partial charge in [-0.25, -0.2) is 0 Å². The van der Waals surface area contributed by atoms with Gasteiger partial charge in [0, 0.05) is 26.2 Å². The van der Waals surface area contributed by atoms with E-state index in [1.54, 1.807) is 6.08 Å². The molecule has 4 atom stereocenters. The van der Waals surface area contributed by atoms with Crippen molar-refractivity contribution >= 4 is 11.9 Å². The molecule has 1 aliphatic heterocycles. The average molecular weight is 238 g/mol. The molecule has 0 bridgehead atoms. The van der Waals surface area contributed by atoms with Gasteiger partial charge in [-0.3, -0.25) is 9.59 Å². The van der Waals surface area contributed by atoms with Crippen LogP contribution in [0.2, 0.25) is 0 Å². The lowest BCUT2D eigenvalue weighted by Gasteiger charge is -2.31. The van der Waals surface area contributed by atoms with Crippen LogP contribution in [0.15, 0.2) is 12.3 Å². The lowest BCUT2D eigenvalue weighted by molar-refractivity contribution is -0.171. The summed E-state index contributed by atoms with van der Waals surface area (Å²) in [5.41, 5.74) is -1.31. The molecule has 3 aliphatic rings. The Morgan fingerprint density at radius 1 is 1.24 bits per heavy atom. The molecule has 0 aromatic carbocycles. The van der Waals surface area contributed by atoms with Gasteiger partial charge in [0.1, 0.15) is 0 Å². The minimum absolute atomic E-state index is 0.237. The summed E-state index contributed by atoms with van der Waals surface area (Å²) in [5.74, 6) is -0.424. The molecule has 2 aliphatic carbocycles. The summed E-state index contributed by atoms with van der Waals surface area (Å²) >= 11 is 0. The van der Waals surface area contributed by atoms with E-state index in [0.29, 0.717) is 6.42 Å². The summed E-state index contributed by atoms with van der Waals surface area (Å²) in [7, 11) is 0. The molecule has 1 unspecified atom stereocenters. The zero-order valence-electron chi connectivity index (χ0n) is 9.76. The van der Waals surface area contributed by atoms with Gasteiger partial charge in [-0.1, -0.05) is 0 Å². The van der Waals surface area contributed by atoms with Crippen LogP contribution in [0.3, 0.4) is 0 Å². The van der Waals surface area contributed by atoms with Gasteiger partial charge in [0.2, 0.25) is 0 Å². The van der Waals surface area contributed by atoms with Gasteiger partial charge in [-0.15, -0.1) is 0 Å². The van der Waals surface area contributed by atoms with Gasteiger partial charge in [0.25, 0.3) is 0 Å². The van der Waals surface area contributed by atoms with Gasteiger partial charge < -0.3 is 14.2 Å². The monoisotopic (exact) mass is 238 g/mol. The first-order chi connectivity index (χ1) is 7.98. The first-order valence-corrected chi connectivity index (χ1v) is 5.71. The van der Waals surface area contributed by atoms with Crippen LogP contribution in [0, 0.1) is 5.92 Å². The second-order valence-electron chi connectivity index (χ2n) is 5.02. The Morgan fingerprint density at radius 2 is 1.94 bits per heavy atom. The first-order valence-electron chi connectivity index (χ1n) is 5.71. The van der Waals surface area contributed by atoms with Crippen LogP contribution < -0.4 is 0 Å². The minimum atomic E-state index is -0.732. The summed E-state index contributed by atoms with van der Waals surface area (Å²) in [6, 6.07) is 0. The van der Waals surface area contributed by atoms with Gasteiger partial charge >= 0.3 is 11.9 Å². The largest absolute Gasteiger partial charge is 0.489 e. The van der Waals surface area contributed by atoms with Crippen LogP contribution in [-0.2, 0) is 23.8 Å². The fraction of sp³-hybridized carbons (Fsp3) is 0.667. The van der Waals surface area contributed by atoms with Crippen LogP contribution >= 0.6 is 0 Å². The smallest absolute Gasteiger partial charge is 0.303 e. The second-order valence-corrected chi connectivity index (χ2v) is 5.02. The van der Waals surface area contributed by atoms with E-state index in [4.69, 9.17) is 14.2 Å². The average Bonchev–Trinajstić information content (AvgIpc) is 2.60. The van der Waals surface area contributed by atoms with E-state index in [1.807, 2.05) is 0 Å². The van der Waals surface area contributed by atoms with Crippen molar-refractivity contribution in [2.45, 2.75) is 44.0 Å². The third kappa shape index (κ3) is 1.31. The molecule has 1 heterocycles. The van der Waals surface area contributed by atoms with Crippen LogP contribution in [-0.4, -0.2) is 29.2 Å². The van der Waals surface area contributed by atoms with Crippen molar-refractivity contribution in [3.8, 4) is 0 Å². The maximum Gasteiger partial charge on any atom is 0.303 e. The highest BCUT2D eigenvalue weighted by Gasteiger charge is 2.78. The molecular formula is C12H14O5. The summed E-state index contributed by atoms with van der Waals surface area (Å²) in [4.78, 5) is 22.3. The second kappa shape index (κ2) is 3.03. The van der Waals surface area contributed by atoms with Gasteiger partial charge in [0.05, 0.1) is 6.26 Å². The lowest BCUT2D eigenvalue weighted by Crippen LogP contribution is -2.47. The molecule has 0 aromatic heterocycles. The number of fused-ring (bicyclic) bond motifs is 3. The van der Waals surface area contributed by atoms with E-state index in [-0.39, 0.29) is 24.0 Å². The molecule has 0 saturated heterocycles. The maximum absolute atomic E-state index is 11.2. The Bertz CT molecular complexity index is 429. The molecule has 5 nitrogen and oxygen atoms in total. The predicted molar refractivity (Wildman–Crippen MR) is 55.7 cm³/mol. The highest BCUT2D eigenvalue weighted by atomic mass is 16.6. The molecule has 0 spiro atoms. The molecule has 3 rings (SSSR count). The van der Waals surface area contributed by atoms with Gasteiger partial charge in [-0.2, -0.15) is 0 Å². The zero-order valence-corrected chi connectivity index (χ0v) is 9.76. The number of esters is 2. The lowest BCUT2D eigenvalue weighted by atomic mass is 9.95. The highest BCUT2D eigenvalue weighted by molar-refractivity contribution is 5.69. The van der Waals surface area contributed by atoms with E-state index in [9.17, 15) is 9.59 Å². The number of rotatable bonds is 2. The third-order valence-corrected chi connectivity index (χ3v) is 3.78. The number of carbonyl (C=O) groups is 2. The summed E-state index contributed by atoms with van der Waals surface area (Å²) in [6.45, 7) is 2.76.